The van der Waals surface area contributed by atoms with E-state index in [-0.39, 0.29) is 5.15 Å². The molecule has 1 aromatic heterocycles. The molecule has 1 aromatic rings. The summed E-state index contributed by atoms with van der Waals surface area (Å²) in [6, 6.07) is 0. The molecule has 1 N–H and O–H groups in total. The summed E-state index contributed by atoms with van der Waals surface area (Å²) in [6.07, 6.45) is -5.63. The van der Waals surface area contributed by atoms with Crippen LogP contribution in [-0.4, -0.2) is 21.3 Å². The summed E-state index contributed by atoms with van der Waals surface area (Å²) < 4.78 is 35.7. The molecule has 0 aliphatic heterocycles. The van der Waals surface area contributed by atoms with Gasteiger partial charge in [-0.2, -0.15) is 13.2 Å². The van der Waals surface area contributed by atoms with Crippen molar-refractivity contribution in [2.24, 2.45) is 0 Å². The number of halogens is 4. The van der Waals surface area contributed by atoms with Gasteiger partial charge in [0.05, 0.1) is 18.1 Å². The standard InChI is InChI=1S/C6H4ClF3N2O/c7-4-2-11-3(1-12-4)5(13)6(8,9)10/h1-2,5,13H/t5-/m1/s1. The van der Waals surface area contributed by atoms with Gasteiger partial charge in [-0.25, -0.2) is 4.98 Å². The van der Waals surface area contributed by atoms with Gasteiger partial charge in [0, 0.05) is 0 Å². The Kier molecular flexibility index (Phi) is 2.72. The molecule has 0 bridgehead atoms. The van der Waals surface area contributed by atoms with E-state index in [0.29, 0.717) is 0 Å². The number of hydrogen-bond acceptors (Lipinski definition) is 3. The zero-order valence-corrected chi connectivity index (χ0v) is 6.84. The van der Waals surface area contributed by atoms with Crippen LogP contribution >= 0.6 is 11.6 Å². The number of aliphatic hydroxyl groups is 1. The van der Waals surface area contributed by atoms with E-state index in [0.717, 1.165) is 12.4 Å². The molecule has 0 amide bonds. The number of hydrogen-bond donors (Lipinski definition) is 1. The van der Waals surface area contributed by atoms with Gasteiger partial charge in [-0.15, -0.1) is 0 Å². The molecular weight excluding hydrogens is 209 g/mol. The second kappa shape index (κ2) is 3.47. The second-order valence-corrected chi connectivity index (χ2v) is 2.60. The van der Waals surface area contributed by atoms with Gasteiger partial charge in [0.25, 0.3) is 0 Å². The first-order chi connectivity index (χ1) is 5.91. The van der Waals surface area contributed by atoms with Gasteiger partial charge in [0.15, 0.2) is 6.10 Å². The van der Waals surface area contributed by atoms with Gasteiger partial charge in [0.2, 0.25) is 0 Å². The highest BCUT2D eigenvalue weighted by atomic mass is 35.5. The Labute approximate surface area is 76.2 Å². The van der Waals surface area contributed by atoms with Crippen LogP contribution in [-0.2, 0) is 0 Å². The minimum atomic E-state index is -4.73. The summed E-state index contributed by atoms with van der Waals surface area (Å²) in [7, 11) is 0. The third kappa shape index (κ3) is 2.53. The van der Waals surface area contributed by atoms with Crippen molar-refractivity contribution in [3.8, 4) is 0 Å². The van der Waals surface area contributed by atoms with E-state index in [2.05, 4.69) is 9.97 Å². The maximum absolute atomic E-state index is 11.9. The molecule has 1 atom stereocenters. The molecule has 0 unspecified atom stereocenters. The monoisotopic (exact) mass is 212 g/mol. The highest BCUT2D eigenvalue weighted by molar-refractivity contribution is 6.29. The summed E-state index contributed by atoms with van der Waals surface area (Å²) in [5.74, 6) is 0. The van der Waals surface area contributed by atoms with Crippen molar-refractivity contribution in [1.82, 2.24) is 9.97 Å². The van der Waals surface area contributed by atoms with Gasteiger partial charge < -0.3 is 5.11 Å². The predicted molar refractivity (Wildman–Crippen MR) is 38.1 cm³/mol. The molecule has 0 saturated heterocycles. The first kappa shape index (κ1) is 10.2. The normalized spacial score (nSPS) is 14.2. The van der Waals surface area contributed by atoms with Crippen molar-refractivity contribution in [2.75, 3.05) is 0 Å². The van der Waals surface area contributed by atoms with Crippen LogP contribution in [0.25, 0.3) is 0 Å². The smallest absolute Gasteiger partial charge is 0.378 e. The predicted octanol–water partition coefficient (Wildman–Crippen LogP) is 1.73. The zero-order valence-electron chi connectivity index (χ0n) is 6.09. The quantitative estimate of drug-likeness (QED) is 0.771. The van der Waals surface area contributed by atoms with E-state index in [1.165, 1.54) is 0 Å². The average molecular weight is 213 g/mol. The second-order valence-electron chi connectivity index (χ2n) is 2.21. The minimum absolute atomic E-state index is 0.0295. The lowest BCUT2D eigenvalue weighted by molar-refractivity contribution is -0.208. The summed E-state index contributed by atoms with van der Waals surface area (Å²) in [5, 5.41) is 8.65. The van der Waals surface area contributed by atoms with Crippen LogP contribution in [0.4, 0.5) is 13.2 Å². The van der Waals surface area contributed by atoms with Crippen molar-refractivity contribution in [3.63, 3.8) is 0 Å². The Hall–Kier alpha value is -0.880. The molecule has 0 spiro atoms. The van der Waals surface area contributed by atoms with E-state index in [4.69, 9.17) is 16.7 Å². The van der Waals surface area contributed by atoms with Crippen LogP contribution < -0.4 is 0 Å². The molecule has 0 aliphatic rings. The fourth-order valence-corrected chi connectivity index (χ4v) is 0.729. The largest absolute Gasteiger partial charge is 0.420 e. The Morgan fingerprint density at radius 1 is 1.31 bits per heavy atom. The maximum atomic E-state index is 11.9. The van der Waals surface area contributed by atoms with Crippen molar-refractivity contribution < 1.29 is 18.3 Å². The molecular formula is C6H4ClF3N2O. The van der Waals surface area contributed by atoms with E-state index in [1.54, 1.807) is 0 Å². The van der Waals surface area contributed by atoms with Crippen LogP contribution in [0.2, 0.25) is 5.15 Å². The highest BCUT2D eigenvalue weighted by Gasteiger charge is 2.40. The Bertz CT molecular complexity index is 287. The molecule has 0 saturated carbocycles. The van der Waals surface area contributed by atoms with E-state index < -0.39 is 18.0 Å². The number of rotatable bonds is 1. The molecule has 0 aliphatic carbocycles. The van der Waals surface area contributed by atoms with Crippen LogP contribution in [0, 0.1) is 0 Å². The molecule has 1 rings (SSSR count). The van der Waals surface area contributed by atoms with Gasteiger partial charge in [-0.05, 0) is 0 Å². The molecule has 1 heterocycles. The highest BCUT2D eigenvalue weighted by Crippen LogP contribution is 2.30. The Morgan fingerprint density at radius 2 is 1.92 bits per heavy atom. The van der Waals surface area contributed by atoms with Crippen LogP contribution in [0.3, 0.4) is 0 Å². The average Bonchev–Trinajstić information content (AvgIpc) is 2.03. The number of aliphatic hydroxyl groups excluding tert-OH is 1. The van der Waals surface area contributed by atoms with E-state index in [9.17, 15) is 13.2 Å². The van der Waals surface area contributed by atoms with Gasteiger partial charge in [0.1, 0.15) is 5.15 Å². The summed E-state index contributed by atoms with van der Waals surface area (Å²) in [5.41, 5.74) is -0.572. The summed E-state index contributed by atoms with van der Waals surface area (Å²) >= 11 is 5.29. The molecule has 0 fully saturated rings. The first-order valence-corrected chi connectivity index (χ1v) is 3.51. The van der Waals surface area contributed by atoms with Gasteiger partial charge in [-0.3, -0.25) is 4.98 Å². The van der Waals surface area contributed by atoms with E-state index >= 15 is 0 Å². The van der Waals surface area contributed by atoms with Gasteiger partial charge in [-0.1, -0.05) is 11.6 Å². The Morgan fingerprint density at radius 3 is 2.31 bits per heavy atom. The van der Waals surface area contributed by atoms with Crippen molar-refractivity contribution >= 4 is 11.6 Å². The molecule has 3 nitrogen and oxygen atoms in total. The fraction of sp³-hybridized carbons (Fsp3) is 0.333. The summed E-state index contributed by atoms with van der Waals surface area (Å²) in [6.45, 7) is 0. The van der Waals surface area contributed by atoms with Crippen LogP contribution in [0.1, 0.15) is 11.8 Å². The van der Waals surface area contributed by atoms with Crippen molar-refractivity contribution in [3.05, 3.63) is 23.2 Å². The molecule has 0 aromatic carbocycles. The Balaban J connectivity index is 2.90. The topological polar surface area (TPSA) is 46.0 Å². The van der Waals surface area contributed by atoms with Crippen LogP contribution in [0.15, 0.2) is 12.4 Å². The first-order valence-electron chi connectivity index (χ1n) is 3.13. The number of aromatic nitrogens is 2. The molecule has 72 valence electrons. The van der Waals surface area contributed by atoms with Gasteiger partial charge >= 0.3 is 6.18 Å². The lowest BCUT2D eigenvalue weighted by Gasteiger charge is -2.12. The maximum Gasteiger partial charge on any atom is 0.420 e. The number of nitrogens with zero attached hydrogens (tertiary/aromatic N) is 2. The lowest BCUT2D eigenvalue weighted by Crippen LogP contribution is -2.21. The van der Waals surface area contributed by atoms with Crippen LogP contribution in [0.5, 0.6) is 0 Å². The molecule has 13 heavy (non-hydrogen) atoms. The number of alkyl halides is 3. The van der Waals surface area contributed by atoms with Crippen molar-refractivity contribution in [1.29, 1.82) is 0 Å². The third-order valence-electron chi connectivity index (χ3n) is 1.23. The SMILES string of the molecule is O[C@H](c1cnc(Cl)cn1)C(F)(F)F. The fourth-order valence-electron chi connectivity index (χ4n) is 0.631. The van der Waals surface area contributed by atoms with Crippen molar-refractivity contribution in [2.45, 2.75) is 12.3 Å². The summed E-state index contributed by atoms with van der Waals surface area (Å²) in [4.78, 5) is 6.64. The molecule has 0 radical (unpaired) electrons. The van der Waals surface area contributed by atoms with E-state index in [1.807, 2.05) is 0 Å². The zero-order chi connectivity index (χ0) is 10.1. The lowest BCUT2D eigenvalue weighted by atomic mass is 10.2. The molecule has 7 heteroatoms. The third-order valence-corrected chi connectivity index (χ3v) is 1.43. The minimum Gasteiger partial charge on any atom is -0.378 e.